The van der Waals surface area contributed by atoms with E-state index < -0.39 is 0 Å². The molecule has 9 heteroatoms. The van der Waals surface area contributed by atoms with Crippen LogP contribution in [0.5, 0.6) is 0 Å². The Labute approximate surface area is 204 Å². The van der Waals surface area contributed by atoms with Gasteiger partial charge >= 0.3 is 0 Å². The SMILES string of the molecule is Cc1c(Cl)cccc1NC(=O)CSc1nc2ccc(N3C(=O)[C@H]4CCCC[C@H]4C3=O)cc2s1. The zero-order valence-electron chi connectivity index (χ0n) is 18.0. The van der Waals surface area contributed by atoms with Gasteiger partial charge in [-0.05, 0) is 55.7 Å². The van der Waals surface area contributed by atoms with Crippen LogP contribution in [-0.4, -0.2) is 28.5 Å². The van der Waals surface area contributed by atoms with Gasteiger partial charge in [0, 0.05) is 10.7 Å². The molecule has 33 heavy (non-hydrogen) atoms. The summed E-state index contributed by atoms with van der Waals surface area (Å²) in [5.74, 6) is -0.411. The van der Waals surface area contributed by atoms with Crippen molar-refractivity contribution in [2.75, 3.05) is 16.0 Å². The molecule has 3 amide bonds. The Morgan fingerprint density at radius 2 is 1.91 bits per heavy atom. The van der Waals surface area contributed by atoms with Gasteiger partial charge in [0.2, 0.25) is 17.7 Å². The van der Waals surface area contributed by atoms with E-state index in [2.05, 4.69) is 10.3 Å². The Hall–Kier alpha value is -2.42. The topological polar surface area (TPSA) is 79.4 Å². The maximum atomic E-state index is 12.9. The number of thiazole rings is 1. The summed E-state index contributed by atoms with van der Waals surface area (Å²) in [4.78, 5) is 44.2. The number of aromatic nitrogens is 1. The second-order valence-corrected chi connectivity index (χ2v) is 11.1. The van der Waals surface area contributed by atoms with Gasteiger partial charge in [-0.1, -0.05) is 42.3 Å². The van der Waals surface area contributed by atoms with Gasteiger partial charge in [0.05, 0.1) is 33.5 Å². The first kappa shape index (κ1) is 22.4. The summed E-state index contributed by atoms with van der Waals surface area (Å²) in [5, 5.41) is 3.49. The second kappa shape index (κ2) is 9.08. The van der Waals surface area contributed by atoms with Crippen LogP contribution in [-0.2, 0) is 14.4 Å². The molecular weight excluding hydrogens is 478 g/mol. The Kier molecular flexibility index (Phi) is 6.16. The average molecular weight is 500 g/mol. The Morgan fingerprint density at radius 3 is 2.64 bits per heavy atom. The number of carbonyl (C=O) groups is 3. The number of halogens is 1. The first-order valence-corrected chi connectivity index (χ1v) is 13.1. The van der Waals surface area contributed by atoms with Crippen molar-refractivity contribution < 1.29 is 14.4 Å². The number of carbonyl (C=O) groups excluding carboxylic acids is 3. The van der Waals surface area contributed by atoms with Crippen molar-refractivity contribution in [1.29, 1.82) is 0 Å². The van der Waals surface area contributed by atoms with Gasteiger partial charge in [-0.25, -0.2) is 4.98 Å². The molecule has 2 aliphatic rings. The molecular formula is C24H22ClN3O3S2. The normalized spacial score (nSPS) is 20.4. The summed E-state index contributed by atoms with van der Waals surface area (Å²) in [6.45, 7) is 1.86. The molecule has 1 saturated heterocycles. The van der Waals surface area contributed by atoms with E-state index in [1.54, 1.807) is 18.2 Å². The molecule has 1 aliphatic heterocycles. The van der Waals surface area contributed by atoms with Gasteiger partial charge in [-0.3, -0.25) is 19.3 Å². The first-order valence-electron chi connectivity index (χ1n) is 10.9. The van der Waals surface area contributed by atoms with E-state index in [0.717, 1.165) is 45.8 Å². The van der Waals surface area contributed by atoms with Crippen LogP contribution in [0.25, 0.3) is 10.2 Å². The number of amides is 3. The molecule has 2 heterocycles. The van der Waals surface area contributed by atoms with Gasteiger partial charge in [-0.2, -0.15) is 0 Å². The van der Waals surface area contributed by atoms with Crippen molar-refractivity contribution in [3.8, 4) is 0 Å². The molecule has 1 aliphatic carbocycles. The fourth-order valence-corrected chi connectivity index (χ4v) is 6.64. The van der Waals surface area contributed by atoms with Gasteiger partial charge in [-0.15, -0.1) is 11.3 Å². The number of thioether (sulfide) groups is 1. The third-order valence-corrected chi connectivity index (χ3v) is 8.89. The number of imide groups is 1. The molecule has 2 aromatic carbocycles. The number of nitrogens with one attached hydrogen (secondary N) is 1. The molecule has 1 N–H and O–H groups in total. The molecule has 170 valence electrons. The lowest BCUT2D eigenvalue weighted by molar-refractivity contribution is -0.122. The van der Waals surface area contributed by atoms with Crippen LogP contribution in [0, 0.1) is 18.8 Å². The molecule has 0 unspecified atom stereocenters. The number of rotatable bonds is 5. The van der Waals surface area contributed by atoms with Gasteiger partial charge in [0.1, 0.15) is 0 Å². The minimum absolute atomic E-state index is 0.0730. The summed E-state index contributed by atoms with van der Waals surface area (Å²) in [7, 11) is 0. The average Bonchev–Trinajstić information content (AvgIpc) is 3.33. The van der Waals surface area contributed by atoms with Crippen molar-refractivity contribution in [1.82, 2.24) is 4.98 Å². The van der Waals surface area contributed by atoms with E-state index in [9.17, 15) is 14.4 Å². The predicted octanol–water partition coefficient (Wildman–Crippen LogP) is 5.67. The molecule has 1 aromatic heterocycles. The van der Waals surface area contributed by atoms with E-state index in [4.69, 9.17) is 11.6 Å². The Bertz CT molecular complexity index is 1250. The lowest BCUT2D eigenvalue weighted by Crippen LogP contribution is -2.30. The van der Waals surface area contributed by atoms with Crippen LogP contribution in [0.15, 0.2) is 40.7 Å². The molecule has 1 saturated carbocycles. The molecule has 0 spiro atoms. The highest BCUT2D eigenvalue weighted by atomic mass is 35.5. The number of fused-ring (bicyclic) bond motifs is 2. The molecule has 0 radical (unpaired) electrons. The lowest BCUT2D eigenvalue weighted by Gasteiger charge is -2.19. The second-order valence-electron chi connectivity index (χ2n) is 8.39. The van der Waals surface area contributed by atoms with Gasteiger partial charge < -0.3 is 5.32 Å². The summed E-state index contributed by atoms with van der Waals surface area (Å²) < 4.78 is 1.64. The smallest absolute Gasteiger partial charge is 0.237 e. The fourth-order valence-electron chi connectivity index (χ4n) is 4.57. The van der Waals surface area contributed by atoms with Crippen LogP contribution in [0.3, 0.4) is 0 Å². The maximum Gasteiger partial charge on any atom is 0.237 e. The summed E-state index contributed by atoms with van der Waals surface area (Å²) in [5.41, 5.74) is 2.92. The zero-order chi connectivity index (χ0) is 23.1. The largest absolute Gasteiger partial charge is 0.325 e. The van der Waals surface area contributed by atoms with Gasteiger partial charge in [0.25, 0.3) is 0 Å². The summed E-state index contributed by atoms with van der Waals surface area (Å²) >= 11 is 8.93. The monoisotopic (exact) mass is 499 g/mol. The van der Waals surface area contributed by atoms with E-state index in [-0.39, 0.29) is 35.3 Å². The van der Waals surface area contributed by atoms with Crippen LogP contribution >= 0.6 is 34.7 Å². The van der Waals surface area contributed by atoms with Crippen molar-refractivity contribution >= 4 is 74.0 Å². The van der Waals surface area contributed by atoms with E-state index >= 15 is 0 Å². The van der Waals surface area contributed by atoms with Crippen LogP contribution in [0.2, 0.25) is 5.02 Å². The van der Waals surface area contributed by atoms with Crippen molar-refractivity contribution in [3.05, 3.63) is 47.0 Å². The molecule has 2 atom stereocenters. The number of anilines is 2. The number of hydrogen-bond donors (Lipinski definition) is 1. The lowest BCUT2D eigenvalue weighted by atomic mass is 9.81. The Morgan fingerprint density at radius 1 is 1.18 bits per heavy atom. The quantitative estimate of drug-likeness (QED) is 0.361. The van der Waals surface area contributed by atoms with E-state index in [1.807, 2.05) is 25.1 Å². The standard InChI is InChI=1S/C24H22ClN3O3S2/c1-13-17(25)7-4-8-18(13)26-21(29)12-32-24-27-19-10-9-14(11-20(19)33-24)28-22(30)15-5-2-3-6-16(15)23(28)31/h4,7-11,15-16H,2-3,5-6,12H2,1H3,(H,26,29)/t15-,16+. The highest BCUT2D eigenvalue weighted by Crippen LogP contribution is 2.41. The first-order chi connectivity index (χ1) is 15.9. The Balaban J connectivity index is 1.29. The van der Waals surface area contributed by atoms with Crippen molar-refractivity contribution in [2.24, 2.45) is 11.8 Å². The molecule has 5 rings (SSSR count). The van der Waals surface area contributed by atoms with Crippen LogP contribution in [0.1, 0.15) is 31.2 Å². The summed E-state index contributed by atoms with van der Waals surface area (Å²) in [6, 6.07) is 10.9. The van der Waals surface area contributed by atoms with Crippen molar-refractivity contribution in [3.63, 3.8) is 0 Å². The number of benzene rings is 2. The molecule has 6 nitrogen and oxygen atoms in total. The molecule has 0 bridgehead atoms. The van der Waals surface area contributed by atoms with Gasteiger partial charge in [0.15, 0.2) is 4.34 Å². The minimum atomic E-state index is -0.170. The minimum Gasteiger partial charge on any atom is -0.325 e. The van der Waals surface area contributed by atoms with Crippen molar-refractivity contribution in [2.45, 2.75) is 36.9 Å². The van der Waals surface area contributed by atoms with E-state index in [0.29, 0.717) is 16.4 Å². The third kappa shape index (κ3) is 4.27. The molecule has 3 aromatic rings. The van der Waals surface area contributed by atoms with Crippen LogP contribution < -0.4 is 10.2 Å². The fraction of sp³-hybridized carbons (Fsp3) is 0.333. The highest BCUT2D eigenvalue weighted by molar-refractivity contribution is 8.01. The predicted molar refractivity (Wildman–Crippen MR) is 133 cm³/mol. The van der Waals surface area contributed by atoms with E-state index in [1.165, 1.54) is 28.0 Å². The third-order valence-electron chi connectivity index (χ3n) is 6.32. The zero-order valence-corrected chi connectivity index (χ0v) is 20.4. The number of nitrogens with zero attached hydrogens (tertiary/aromatic N) is 2. The summed E-state index contributed by atoms with van der Waals surface area (Å²) in [6.07, 6.45) is 3.61. The number of hydrogen-bond acceptors (Lipinski definition) is 6. The highest BCUT2D eigenvalue weighted by Gasteiger charge is 2.48. The van der Waals surface area contributed by atoms with Crippen LogP contribution in [0.4, 0.5) is 11.4 Å². The maximum absolute atomic E-state index is 12.9. The molecule has 2 fully saturated rings.